The molecular formula is C25H19F4NO4S. The summed E-state index contributed by atoms with van der Waals surface area (Å²) in [6.45, 7) is 1.18. The number of hydrogen-bond donors (Lipinski definition) is 1. The summed E-state index contributed by atoms with van der Waals surface area (Å²) in [4.78, 5) is 10.1. The molecule has 182 valence electrons. The lowest BCUT2D eigenvalue weighted by molar-refractivity contribution is -0.140. The molecule has 0 aliphatic heterocycles. The number of hydrogen-bond acceptors (Lipinski definition) is 3. The van der Waals surface area contributed by atoms with E-state index in [0.717, 1.165) is 24.4 Å². The summed E-state index contributed by atoms with van der Waals surface area (Å²) in [5, 5.41) is 9.15. The van der Waals surface area contributed by atoms with Gasteiger partial charge in [-0.15, -0.1) is 0 Å². The maximum Gasteiger partial charge on any atom is 0.418 e. The number of aliphatic carboxylic acids is 1. The van der Waals surface area contributed by atoms with Crippen molar-refractivity contribution in [3.8, 4) is 11.1 Å². The lowest BCUT2D eigenvalue weighted by Crippen LogP contribution is -2.21. The van der Waals surface area contributed by atoms with Crippen LogP contribution < -0.4 is 0 Å². The summed E-state index contributed by atoms with van der Waals surface area (Å²) in [5.74, 6) is -1.85. The smallest absolute Gasteiger partial charge is 0.418 e. The molecule has 0 unspecified atom stereocenters. The van der Waals surface area contributed by atoms with Gasteiger partial charge in [0.15, 0.2) is 0 Å². The van der Waals surface area contributed by atoms with Crippen molar-refractivity contribution in [1.29, 1.82) is 0 Å². The second kappa shape index (κ2) is 8.84. The van der Waals surface area contributed by atoms with Crippen molar-refractivity contribution in [2.75, 3.05) is 0 Å². The number of alkyl halides is 3. The van der Waals surface area contributed by atoms with Crippen LogP contribution in [0, 0.1) is 12.7 Å². The first-order valence-corrected chi connectivity index (χ1v) is 11.9. The fraction of sp³-hybridized carbons (Fsp3) is 0.160. The van der Waals surface area contributed by atoms with E-state index in [-0.39, 0.29) is 46.0 Å². The zero-order valence-electron chi connectivity index (χ0n) is 18.3. The minimum absolute atomic E-state index is 0.0552. The molecule has 0 bridgehead atoms. The summed E-state index contributed by atoms with van der Waals surface area (Å²) < 4.78 is 85.3. The van der Waals surface area contributed by atoms with E-state index in [4.69, 9.17) is 5.11 Å². The zero-order chi connectivity index (χ0) is 25.5. The van der Waals surface area contributed by atoms with Gasteiger partial charge in [-0.05, 0) is 48.2 Å². The van der Waals surface area contributed by atoms with Crippen LogP contribution in [0.4, 0.5) is 17.6 Å². The third-order valence-corrected chi connectivity index (χ3v) is 7.43. The lowest BCUT2D eigenvalue weighted by Gasteiger charge is -2.20. The van der Waals surface area contributed by atoms with Gasteiger partial charge in [-0.1, -0.05) is 42.5 Å². The molecule has 3 aromatic carbocycles. The van der Waals surface area contributed by atoms with Gasteiger partial charge in [-0.3, -0.25) is 4.79 Å². The Bertz CT molecular complexity index is 1540. The molecule has 0 saturated heterocycles. The Kier molecular flexibility index (Phi) is 6.18. The van der Waals surface area contributed by atoms with Gasteiger partial charge in [0.05, 0.1) is 11.1 Å². The molecule has 0 aliphatic carbocycles. The second-order valence-corrected chi connectivity index (χ2v) is 9.76. The molecule has 35 heavy (non-hydrogen) atoms. The van der Waals surface area contributed by atoms with Crippen molar-refractivity contribution in [3.63, 3.8) is 0 Å². The maximum atomic E-state index is 14.2. The van der Waals surface area contributed by atoms with Gasteiger partial charge in [0, 0.05) is 23.6 Å². The van der Waals surface area contributed by atoms with Crippen LogP contribution in [-0.4, -0.2) is 23.5 Å². The van der Waals surface area contributed by atoms with Crippen LogP contribution in [-0.2, 0) is 27.4 Å². The highest BCUT2D eigenvalue weighted by Gasteiger charge is 2.41. The van der Waals surface area contributed by atoms with Crippen LogP contribution in [0.3, 0.4) is 0 Å². The first-order chi connectivity index (χ1) is 16.4. The van der Waals surface area contributed by atoms with Gasteiger partial charge in [0.1, 0.15) is 10.7 Å². The summed E-state index contributed by atoms with van der Waals surface area (Å²) in [6, 6.07) is 13.5. The number of nitrogens with zero attached hydrogens (tertiary/aromatic N) is 1. The van der Waals surface area contributed by atoms with Crippen molar-refractivity contribution < 1.29 is 35.9 Å². The van der Waals surface area contributed by atoms with E-state index in [0.29, 0.717) is 3.97 Å². The highest BCUT2D eigenvalue weighted by molar-refractivity contribution is 7.90. The molecule has 10 heteroatoms. The molecule has 4 rings (SSSR count). The monoisotopic (exact) mass is 505 g/mol. The maximum absolute atomic E-state index is 14.2. The molecule has 0 saturated carbocycles. The molecule has 0 fully saturated rings. The Morgan fingerprint density at radius 3 is 2.34 bits per heavy atom. The van der Waals surface area contributed by atoms with E-state index in [1.807, 2.05) is 0 Å². The van der Waals surface area contributed by atoms with Crippen LogP contribution in [0.15, 0.2) is 71.8 Å². The van der Waals surface area contributed by atoms with Gasteiger partial charge in [-0.2, -0.15) is 13.2 Å². The summed E-state index contributed by atoms with van der Waals surface area (Å²) >= 11 is 0. The van der Waals surface area contributed by atoms with E-state index in [1.54, 1.807) is 18.2 Å². The molecule has 4 aromatic rings. The van der Waals surface area contributed by atoms with Gasteiger partial charge in [-0.25, -0.2) is 16.8 Å². The highest BCUT2D eigenvalue weighted by Crippen LogP contribution is 2.43. The Morgan fingerprint density at radius 1 is 1.03 bits per heavy atom. The molecule has 0 amide bonds. The predicted molar refractivity (Wildman–Crippen MR) is 122 cm³/mol. The number of rotatable bonds is 6. The van der Waals surface area contributed by atoms with Gasteiger partial charge in [0.2, 0.25) is 0 Å². The first-order valence-electron chi connectivity index (χ1n) is 10.4. The molecule has 0 spiro atoms. The van der Waals surface area contributed by atoms with Crippen molar-refractivity contribution in [2.45, 2.75) is 30.8 Å². The van der Waals surface area contributed by atoms with Crippen LogP contribution in [0.5, 0.6) is 0 Å². The van der Waals surface area contributed by atoms with Gasteiger partial charge >= 0.3 is 12.1 Å². The lowest BCUT2D eigenvalue weighted by atomic mass is 9.99. The average Bonchev–Trinajstić information content (AvgIpc) is 3.15. The molecule has 1 aromatic heterocycles. The largest absolute Gasteiger partial charge is 0.481 e. The normalized spacial score (nSPS) is 12.3. The third kappa shape index (κ3) is 4.53. The van der Waals surface area contributed by atoms with E-state index < -0.39 is 38.4 Å². The van der Waals surface area contributed by atoms with E-state index in [2.05, 4.69) is 0 Å². The van der Waals surface area contributed by atoms with Crippen molar-refractivity contribution >= 4 is 26.9 Å². The molecule has 1 heterocycles. The topological polar surface area (TPSA) is 76.4 Å². The fourth-order valence-electron chi connectivity index (χ4n) is 4.12. The van der Waals surface area contributed by atoms with Crippen LogP contribution in [0.25, 0.3) is 22.0 Å². The molecule has 1 N–H and O–H groups in total. The van der Waals surface area contributed by atoms with E-state index in [9.17, 15) is 30.8 Å². The number of carboxylic acid groups (broad SMARTS) is 1. The minimum Gasteiger partial charge on any atom is -0.481 e. The minimum atomic E-state index is -4.99. The number of carbonyl (C=O) groups is 1. The summed E-state index contributed by atoms with van der Waals surface area (Å²) in [7, 11) is -4.88. The Morgan fingerprint density at radius 2 is 1.71 bits per heavy atom. The quantitative estimate of drug-likeness (QED) is 0.325. The van der Waals surface area contributed by atoms with Crippen LogP contribution in [0.1, 0.15) is 23.1 Å². The molecule has 0 radical (unpaired) electrons. The molecule has 5 nitrogen and oxygen atoms in total. The zero-order valence-corrected chi connectivity index (χ0v) is 19.1. The predicted octanol–water partition coefficient (Wildman–Crippen LogP) is 6.03. The number of aromatic nitrogens is 1. The van der Waals surface area contributed by atoms with Crippen molar-refractivity contribution in [3.05, 3.63) is 89.4 Å². The van der Waals surface area contributed by atoms with Crippen molar-refractivity contribution in [1.82, 2.24) is 3.97 Å². The summed E-state index contributed by atoms with van der Waals surface area (Å²) in [6.07, 6.45) is -4.43. The third-order valence-electron chi connectivity index (χ3n) is 5.67. The standard InChI is InChI=1S/C25H19F4NO4S/c1-15-7-10-19(16-5-3-2-4-6-16)24(23(15)25(27,28)29)35(33,34)30-14-17(8-12-22(31)32)20-13-18(26)9-11-21(20)30/h2-7,9-11,13-14H,8,12H2,1H3,(H,31,32). The van der Waals surface area contributed by atoms with Gasteiger partial charge < -0.3 is 5.11 Å². The number of halogens is 4. The van der Waals surface area contributed by atoms with Gasteiger partial charge in [0.25, 0.3) is 10.0 Å². The molecule has 0 atom stereocenters. The first kappa shape index (κ1) is 24.5. The number of benzene rings is 3. The number of aryl methyl sites for hydroxylation is 2. The second-order valence-electron chi connectivity index (χ2n) is 8.01. The number of fused-ring (bicyclic) bond motifs is 1. The molecular weight excluding hydrogens is 486 g/mol. The average molecular weight is 505 g/mol. The Hall–Kier alpha value is -3.66. The Balaban J connectivity index is 2.08. The highest BCUT2D eigenvalue weighted by atomic mass is 32.2. The van der Waals surface area contributed by atoms with Crippen molar-refractivity contribution in [2.24, 2.45) is 0 Å². The Labute approximate surface area is 198 Å². The van der Waals surface area contributed by atoms with Crippen LogP contribution >= 0.6 is 0 Å². The van der Waals surface area contributed by atoms with E-state index in [1.165, 1.54) is 31.2 Å². The van der Waals surface area contributed by atoms with E-state index >= 15 is 0 Å². The SMILES string of the molecule is Cc1ccc(-c2ccccc2)c(S(=O)(=O)n2cc(CCC(=O)O)c3cc(F)ccc32)c1C(F)(F)F. The fourth-order valence-corrected chi connectivity index (χ4v) is 6.00. The summed E-state index contributed by atoms with van der Waals surface area (Å²) in [5.41, 5.74) is -1.31. The van der Waals surface area contributed by atoms with Crippen LogP contribution in [0.2, 0.25) is 0 Å². The molecule has 0 aliphatic rings. The number of carboxylic acids is 1.